The Morgan fingerprint density at radius 2 is 0.875 bits per heavy atom. The lowest BCUT2D eigenvalue weighted by Crippen LogP contribution is -2.20. The number of H-pyrrole nitrogens is 2. The molecule has 2 aromatic heterocycles. The minimum absolute atomic E-state index is 0.105. The molecule has 0 spiro atoms. The van der Waals surface area contributed by atoms with Gasteiger partial charge in [-0.15, -0.1) is 0 Å². The molecule has 2 N–H and O–H groups in total. The van der Waals surface area contributed by atoms with Gasteiger partial charge in [-0.2, -0.15) is 0 Å². The van der Waals surface area contributed by atoms with Crippen LogP contribution in [0.1, 0.15) is 96.3 Å². The van der Waals surface area contributed by atoms with E-state index in [9.17, 15) is 19.2 Å². The second-order valence-electron chi connectivity index (χ2n) is 10.4. The number of aromatic nitrogens is 4. The fraction of sp³-hybridized carbons (Fsp3) is 0.375. The van der Waals surface area contributed by atoms with Crippen molar-refractivity contribution in [2.75, 3.05) is 0 Å². The Labute approximate surface area is 234 Å². The van der Waals surface area contributed by atoms with E-state index in [0.29, 0.717) is 35.6 Å². The van der Waals surface area contributed by atoms with E-state index in [1.807, 2.05) is 60.7 Å². The van der Waals surface area contributed by atoms with Gasteiger partial charge < -0.3 is 0 Å². The molecule has 2 aromatic carbocycles. The van der Waals surface area contributed by atoms with Crippen molar-refractivity contribution in [3.8, 4) is 11.4 Å². The number of aryl methyl sites for hydroxylation is 2. The van der Waals surface area contributed by atoms with Crippen molar-refractivity contribution >= 4 is 11.6 Å². The summed E-state index contributed by atoms with van der Waals surface area (Å²) in [5.74, 6) is -0.211. The van der Waals surface area contributed by atoms with Gasteiger partial charge in [0.25, 0.3) is 11.1 Å². The monoisotopic (exact) mass is 542 g/mol. The highest BCUT2D eigenvalue weighted by Gasteiger charge is 2.20. The van der Waals surface area contributed by atoms with Crippen LogP contribution >= 0.6 is 0 Å². The van der Waals surface area contributed by atoms with Crippen molar-refractivity contribution in [1.29, 1.82) is 0 Å². The molecule has 4 aromatic rings. The summed E-state index contributed by atoms with van der Waals surface area (Å²) in [4.78, 5) is 51.0. The number of hydrogen-bond donors (Lipinski definition) is 2. The van der Waals surface area contributed by atoms with Crippen LogP contribution in [-0.4, -0.2) is 31.1 Å². The number of carbonyl (C=O) groups is 2. The van der Waals surface area contributed by atoms with Crippen molar-refractivity contribution in [1.82, 2.24) is 19.6 Å². The van der Waals surface area contributed by atoms with Gasteiger partial charge in [-0.05, 0) is 51.0 Å². The number of carbonyl (C=O) groups excluding carboxylic acids is 2. The van der Waals surface area contributed by atoms with Gasteiger partial charge in [0.05, 0.1) is 11.4 Å². The Balaban J connectivity index is 1.11. The zero-order valence-corrected chi connectivity index (χ0v) is 23.4. The maximum absolute atomic E-state index is 12.8. The van der Waals surface area contributed by atoms with Crippen molar-refractivity contribution in [2.24, 2.45) is 0 Å². The topological polar surface area (TPSA) is 110 Å². The Kier molecular flexibility index (Phi) is 9.89. The van der Waals surface area contributed by atoms with E-state index >= 15 is 0 Å². The molecule has 0 unspecified atom stereocenters. The van der Waals surface area contributed by atoms with Crippen LogP contribution in [0.2, 0.25) is 0 Å². The fourth-order valence-electron chi connectivity index (χ4n) is 5.15. The van der Waals surface area contributed by atoms with E-state index in [2.05, 4.69) is 10.2 Å². The number of aromatic amines is 2. The van der Waals surface area contributed by atoms with Crippen LogP contribution in [-0.2, 0) is 0 Å². The molecule has 0 radical (unpaired) electrons. The lowest BCUT2D eigenvalue weighted by molar-refractivity contribution is 0.0969. The van der Waals surface area contributed by atoms with Gasteiger partial charge in [-0.3, -0.25) is 29.4 Å². The van der Waals surface area contributed by atoms with Crippen LogP contribution in [0.4, 0.5) is 0 Å². The molecule has 0 atom stereocenters. The first kappa shape index (κ1) is 28.8. The normalized spacial score (nSPS) is 11.2. The smallest absolute Gasteiger partial charge is 0.282 e. The maximum Gasteiger partial charge on any atom is 0.282 e. The molecule has 210 valence electrons. The molecule has 0 aliphatic heterocycles. The third-order valence-corrected chi connectivity index (χ3v) is 7.29. The van der Waals surface area contributed by atoms with Gasteiger partial charge in [0, 0.05) is 24.2 Å². The Morgan fingerprint density at radius 1 is 0.550 bits per heavy atom. The molecule has 40 heavy (non-hydrogen) atoms. The number of nitrogens with zero attached hydrogens (tertiary/aromatic N) is 2. The average Bonchev–Trinajstić information content (AvgIpc) is 3.43. The number of hydrogen-bond acceptors (Lipinski definition) is 4. The summed E-state index contributed by atoms with van der Waals surface area (Å²) in [5, 5.41) is 6.04. The third kappa shape index (κ3) is 6.86. The first-order valence-corrected chi connectivity index (χ1v) is 14.2. The SMILES string of the molecule is Cc1[nH]n(-c2ccccc2)c(=O)c1C(=O)CCCCCCCCCCC(=O)c1c(C)[nH]n(-c2ccccc2)c1=O. The van der Waals surface area contributed by atoms with Crippen molar-refractivity contribution in [3.63, 3.8) is 0 Å². The van der Waals surface area contributed by atoms with E-state index in [1.165, 1.54) is 9.36 Å². The van der Waals surface area contributed by atoms with Gasteiger partial charge in [0.15, 0.2) is 11.6 Å². The van der Waals surface area contributed by atoms with Crippen molar-refractivity contribution in [3.05, 3.63) is 104 Å². The molecule has 0 fully saturated rings. The number of para-hydroxylation sites is 2. The molecule has 4 rings (SSSR count). The number of nitrogens with one attached hydrogen (secondary N) is 2. The number of rotatable bonds is 15. The minimum Gasteiger partial charge on any atom is -0.295 e. The van der Waals surface area contributed by atoms with Crippen LogP contribution in [0.25, 0.3) is 11.4 Å². The molecule has 0 bridgehead atoms. The molecule has 0 aliphatic rings. The van der Waals surface area contributed by atoms with E-state index in [0.717, 1.165) is 51.4 Å². The van der Waals surface area contributed by atoms with Crippen LogP contribution in [0, 0.1) is 13.8 Å². The molecular formula is C32H38N4O4. The lowest BCUT2D eigenvalue weighted by atomic mass is 10.0. The number of Topliss-reactive ketones (excluding diaryl/α,β-unsaturated/α-hetero) is 2. The van der Waals surface area contributed by atoms with Gasteiger partial charge in [0.1, 0.15) is 11.1 Å². The summed E-state index contributed by atoms with van der Waals surface area (Å²) in [5.41, 5.74) is 2.56. The Bertz CT molecular complexity index is 1420. The lowest BCUT2D eigenvalue weighted by Gasteiger charge is -2.03. The largest absolute Gasteiger partial charge is 0.295 e. The standard InChI is InChI=1S/C32H38N4O4/c1-23-29(31(39)35(33-23)25-17-11-9-12-18-25)27(37)21-15-7-5-3-4-6-8-16-22-28(38)30-24(2)34-36(32(30)40)26-19-13-10-14-20-26/h9-14,17-20,33-34H,3-8,15-16,21-22H2,1-2H3. The molecule has 0 saturated heterocycles. The summed E-state index contributed by atoms with van der Waals surface area (Å²) in [6.07, 6.45) is 8.38. The van der Waals surface area contributed by atoms with Crippen LogP contribution < -0.4 is 11.1 Å². The summed E-state index contributed by atoms with van der Waals surface area (Å²) in [7, 11) is 0. The zero-order chi connectivity index (χ0) is 28.5. The summed E-state index contributed by atoms with van der Waals surface area (Å²) in [6.45, 7) is 3.53. The van der Waals surface area contributed by atoms with Gasteiger partial charge >= 0.3 is 0 Å². The zero-order valence-electron chi connectivity index (χ0n) is 23.4. The van der Waals surface area contributed by atoms with E-state index in [1.54, 1.807) is 13.8 Å². The van der Waals surface area contributed by atoms with Crippen LogP contribution in [0.3, 0.4) is 0 Å². The van der Waals surface area contributed by atoms with Crippen LogP contribution in [0.15, 0.2) is 70.3 Å². The first-order valence-electron chi connectivity index (χ1n) is 14.2. The Morgan fingerprint density at radius 3 is 1.23 bits per heavy atom. The average molecular weight is 543 g/mol. The molecule has 8 nitrogen and oxygen atoms in total. The first-order chi connectivity index (χ1) is 19.4. The van der Waals surface area contributed by atoms with Crippen molar-refractivity contribution < 1.29 is 9.59 Å². The van der Waals surface area contributed by atoms with Crippen LogP contribution in [0.5, 0.6) is 0 Å². The van der Waals surface area contributed by atoms with E-state index in [4.69, 9.17) is 0 Å². The second kappa shape index (κ2) is 13.7. The number of unbranched alkanes of at least 4 members (excludes halogenated alkanes) is 7. The predicted octanol–water partition coefficient (Wildman–Crippen LogP) is 6.23. The molecule has 8 heteroatoms. The highest BCUT2D eigenvalue weighted by Crippen LogP contribution is 2.15. The molecule has 0 saturated carbocycles. The maximum atomic E-state index is 12.8. The predicted molar refractivity (Wildman–Crippen MR) is 157 cm³/mol. The van der Waals surface area contributed by atoms with E-state index in [-0.39, 0.29) is 33.8 Å². The highest BCUT2D eigenvalue weighted by molar-refractivity contribution is 5.97. The molecular weight excluding hydrogens is 504 g/mol. The molecule has 0 amide bonds. The Hall–Kier alpha value is -4.20. The molecule has 2 heterocycles. The number of benzene rings is 2. The second-order valence-corrected chi connectivity index (χ2v) is 10.4. The van der Waals surface area contributed by atoms with E-state index < -0.39 is 0 Å². The fourth-order valence-corrected chi connectivity index (χ4v) is 5.15. The number of ketones is 2. The summed E-state index contributed by atoms with van der Waals surface area (Å²) in [6, 6.07) is 18.5. The molecule has 0 aliphatic carbocycles. The van der Waals surface area contributed by atoms with Gasteiger partial charge in [-0.25, -0.2) is 9.36 Å². The van der Waals surface area contributed by atoms with Gasteiger partial charge in [-0.1, -0.05) is 74.9 Å². The quantitative estimate of drug-likeness (QED) is 0.137. The van der Waals surface area contributed by atoms with Crippen molar-refractivity contribution in [2.45, 2.75) is 78.1 Å². The highest BCUT2D eigenvalue weighted by atomic mass is 16.2. The third-order valence-electron chi connectivity index (χ3n) is 7.29. The van der Waals surface area contributed by atoms with Gasteiger partial charge in [0.2, 0.25) is 0 Å². The summed E-state index contributed by atoms with van der Waals surface area (Å²) >= 11 is 0. The summed E-state index contributed by atoms with van der Waals surface area (Å²) < 4.78 is 2.85. The minimum atomic E-state index is -0.291.